The van der Waals surface area contributed by atoms with Gasteiger partial charge in [-0.25, -0.2) is 5.43 Å². The summed E-state index contributed by atoms with van der Waals surface area (Å²) in [6.45, 7) is 0. The molecule has 0 spiro atoms. The quantitative estimate of drug-likeness (QED) is 0.670. The number of para-hydroxylation sites is 1. The zero-order valence-corrected chi connectivity index (χ0v) is 11.9. The minimum Gasteiger partial charge on any atom is -0.496 e. The second-order valence-electron chi connectivity index (χ2n) is 3.98. The highest BCUT2D eigenvalue weighted by molar-refractivity contribution is 6.36. The molecular formula is C14H14Cl2N2O. The van der Waals surface area contributed by atoms with Gasteiger partial charge in [-0.2, -0.15) is 0 Å². The number of hydrazine groups is 1. The van der Waals surface area contributed by atoms with Crippen LogP contribution < -0.4 is 16.0 Å². The SMILES string of the molecule is COc1ccccc1C(NN)c1c(Cl)cccc1Cl. The number of nitrogens with two attached hydrogens (primary N) is 1. The minimum atomic E-state index is -0.336. The van der Waals surface area contributed by atoms with Gasteiger partial charge in [-0.15, -0.1) is 0 Å². The molecule has 0 aliphatic carbocycles. The third-order valence-corrected chi connectivity index (χ3v) is 3.56. The molecule has 5 heteroatoms. The van der Waals surface area contributed by atoms with E-state index in [-0.39, 0.29) is 6.04 Å². The van der Waals surface area contributed by atoms with Crippen LogP contribution in [-0.2, 0) is 0 Å². The zero-order chi connectivity index (χ0) is 13.8. The topological polar surface area (TPSA) is 47.3 Å². The summed E-state index contributed by atoms with van der Waals surface area (Å²) < 4.78 is 5.35. The molecule has 3 nitrogen and oxygen atoms in total. The number of hydrogen-bond donors (Lipinski definition) is 2. The molecule has 3 N–H and O–H groups in total. The molecule has 1 atom stereocenters. The van der Waals surface area contributed by atoms with Gasteiger partial charge in [0.05, 0.1) is 13.2 Å². The van der Waals surface area contributed by atoms with E-state index in [0.29, 0.717) is 10.0 Å². The van der Waals surface area contributed by atoms with E-state index in [1.807, 2.05) is 24.3 Å². The molecule has 0 amide bonds. The predicted molar refractivity (Wildman–Crippen MR) is 78.6 cm³/mol. The highest BCUT2D eigenvalue weighted by Gasteiger charge is 2.21. The summed E-state index contributed by atoms with van der Waals surface area (Å²) in [5.41, 5.74) is 4.35. The normalized spacial score (nSPS) is 12.2. The van der Waals surface area contributed by atoms with Gasteiger partial charge in [-0.05, 0) is 18.2 Å². The van der Waals surface area contributed by atoms with Crippen molar-refractivity contribution in [3.05, 3.63) is 63.6 Å². The van der Waals surface area contributed by atoms with Crippen molar-refractivity contribution >= 4 is 23.2 Å². The highest BCUT2D eigenvalue weighted by atomic mass is 35.5. The van der Waals surface area contributed by atoms with Crippen molar-refractivity contribution in [2.75, 3.05) is 7.11 Å². The van der Waals surface area contributed by atoms with Crippen LogP contribution in [0.4, 0.5) is 0 Å². The van der Waals surface area contributed by atoms with E-state index in [4.69, 9.17) is 33.8 Å². The summed E-state index contributed by atoms with van der Waals surface area (Å²) in [5, 5.41) is 1.11. The molecule has 1 unspecified atom stereocenters. The Morgan fingerprint density at radius 2 is 1.68 bits per heavy atom. The Kier molecular flexibility index (Phi) is 4.66. The summed E-state index contributed by atoms with van der Waals surface area (Å²) in [5.74, 6) is 6.40. The average Bonchev–Trinajstić information content (AvgIpc) is 2.43. The molecule has 19 heavy (non-hydrogen) atoms. The number of benzene rings is 2. The Labute approximate surface area is 122 Å². The summed E-state index contributed by atoms with van der Waals surface area (Å²) in [6, 6.07) is 12.6. The molecule has 100 valence electrons. The Bertz CT molecular complexity index is 555. The maximum atomic E-state index is 6.23. The maximum absolute atomic E-state index is 6.23. The molecule has 0 radical (unpaired) electrons. The van der Waals surface area contributed by atoms with E-state index in [1.165, 1.54) is 0 Å². The summed E-state index contributed by atoms with van der Waals surface area (Å²) in [6.07, 6.45) is 0. The number of hydrogen-bond acceptors (Lipinski definition) is 3. The van der Waals surface area contributed by atoms with Crippen molar-refractivity contribution in [1.82, 2.24) is 5.43 Å². The van der Waals surface area contributed by atoms with Gasteiger partial charge in [0.2, 0.25) is 0 Å². The van der Waals surface area contributed by atoms with E-state index in [1.54, 1.807) is 25.3 Å². The van der Waals surface area contributed by atoms with Crippen molar-refractivity contribution in [2.24, 2.45) is 5.84 Å². The Morgan fingerprint density at radius 3 is 2.26 bits per heavy atom. The van der Waals surface area contributed by atoms with Gasteiger partial charge < -0.3 is 4.74 Å². The lowest BCUT2D eigenvalue weighted by molar-refractivity contribution is 0.404. The van der Waals surface area contributed by atoms with E-state index in [0.717, 1.165) is 16.9 Å². The van der Waals surface area contributed by atoms with Gasteiger partial charge in [0.15, 0.2) is 0 Å². The first-order valence-electron chi connectivity index (χ1n) is 5.72. The number of rotatable bonds is 4. The first-order valence-corrected chi connectivity index (χ1v) is 6.47. The first-order chi connectivity index (χ1) is 9.19. The second-order valence-corrected chi connectivity index (χ2v) is 4.79. The molecule has 0 aromatic heterocycles. The third kappa shape index (κ3) is 2.85. The van der Waals surface area contributed by atoms with Gasteiger partial charge in [0.1, 0.15) is 5.75 Å². The van der Waals surface area contributed by atoms with E-state index < -0.39 is 0 Å². The van der Waals surface area contributed by atoms with Gasteiger partial charge >= 0.3 is 0 Å². The number of nitrogens with one attached hydrogen (secondary N) is 1. The van der Waals surface area contributed by atoms with Crippen molar-refractivity contribution < 1.29 is 4.74 Å². The first kappa shape index (κ1) is 14.2. The standard InChI is InChI=1S/C14H14Cl2N2O/c1-19-12-8-3-2-5-9(12)14(18-17)13-10(15)6-4-7-11(13)16/h2-8,14,18H,17H2,1H3. The third-order valence-electron chi connectivity index (χ3n) is 2.90. The Balaban J connectivity index is 2.57. The van der Waals surface area contributed by atoms with Crippen LogP contribution in [0.1, 0.15) is 17.2 Å². The Morgan fingerprint density at radius 1 is 1.05 bits per heavy atom. The lowest BCUT2D eigenvalue weighted by Crippen LogP contribution is -2.29. The number of ether oxygens (including phenoxy) is 1. The van der Waals surface area contributed by atoms with Crippen LogP contribution >= 0.6 is 23.2 Å². The molecule has 2 rings (SSSR count). The van der Waals surface area contributed by atoms with Crippen molar-refractivity contribution in [3.63, 3.8) is 0 Å². The van der Waals surface area contributed by atoms with Crippen molar-refractivity contribution in [2.45, 2.75) is 6.04 Å². The number of methoxy groups -OCH3 is 1. The van der Waals surface area contributed by atoms with Crippen molar-refractivity contribution in [3.8, 4) is 5.75 Å². The predicted octanol–water partition coefficient (Wildman–Crippen LogP) is 3.55. The molecule has 0 fully saturated rings. The van der Waals surface area contributed by atoms with E-state index in [2.05, 4.69) is 5.43 Å². The van der Waals surface area contributed by atoms with E-state index >= 15 is 0 Å². The molecule has 0 saturated carbocycles. The molecule has 0 saturated heterocycles. The summed E-state index contributed by atoms with van der Waals surface area (Å²) >= 11 is 12.5. The average molecular weight is 297 g/mol. The van der Waals surface area contributed by atoms with Gasteiger partial charge in [-0.1, -0.05) is 47.5 Å². The monoisotopic (exact) mass is 296 g/mol. The molecule has 0 bridgehead atoms. The molecular weight excluding hydrogens is 283 g/mol. The molecule has 0 aliphatic heterocycles. The largest absolute Gasteiger partial charge is 0.496 e. The molecule has 2 aromatic carbocycles. The summed E-state index contributed by atoms with van der Waals surface area (Å²) in [7, 11) is 1.61. The Hall–Kier alpha value is -1.26. The van der Waals surface area contributed by atoms with Crippen LogP contribution in [0.15, 0.2) is 42.5 Å². The van der Waals surface area contributed by atoms with Crippen LogP contribution in [0.25, 0.3) is 0 Å². The van der Waals surface area contributed by atoms with Crippen LogP contribution in [0.2, 0.25) is 10.0 Å². The smallest absolute Gasteiger partial charge is 0.124 e. The number of halogens is 2. The van der Waals surface area contributed by atoms with Crippen LogP contribution in [0, 0.1) is 0 Å². The van der Waals surface area contributed by atoms with Gasteiger partial charge in [0, 0.05) is 21.2 Å². The minimum absolute atomic E-state index is 0.336. The van der Waals surface area contributed by atoms with Crippen LogP contribution in [-0.4, -0.2) is 7.11 Å². The van der Waals surface area contributed by atoms with E-state index in [9.17, 15) is 0 Å². The van der Waals surface area contributed by atoms with Crippen LogP contribution in [0.3, 0.4) is 0 Å². The highest BCUT2D eigenvalue weighted by Crippen LogP contribution is 2.36. The maximum Gasteiger partial charge on any atom is 0.124 e. The fourth-order valence-corrected chi connectivity index (χ4v) is 2.64. The lowest BCUT2D eigenvalue weighted by atomic mass is 9.98. The van der Waals surface area contributed by atoms with Crippen LogP contribution in [0.5, 0.6) is 5.75 Å². The fraction of sp³-hybridized carbons (Fsp3) is 0.143. The van der Waals surface area contributed by atoms with Crippen molar-refractivity contribution in [1.29, 1.82) is 0 Å². The summed E-state index contributed by atoms with van der Waals surface area (Å²) in [4.78, 5) is 0. The molecule has 0 aliphatic rings. The second kappa shape index (κ2) is 6.26. The molecule has 2 aromatic rings. The zero-order valence-electron chi connectivity index (χ0n) is 10.4. The fourth-order valence-electron chi connectivity index (χ4n) is 2.02. The van der Waals surface area contributed by atoms with Gasteiger partial charge in [0.25, 0.3) is 0 Å². The lowest BCUT2D eigenvalue weighted by Gasteiger charge is -2.21. The molecule has 0 heterocycles. The van der Waals surface area contributed by atoms with Gasteiger partial charge in [-0.3, -0.25) is 5.84 Å².